The minimum absolute atomic E-state index is 0.202. The monoisotopic (exact) mass is 448 g/mol. The number of ether oxygens (including phenoxy) is 1. The number of nitrogens with one attached hydrogen (secondary N) is 3. The number of amides is 3. The van der Waals surface area contributed by atoms with Crippen molar-refractivity contribution in [2.24, 2.45) is 11.7 Å². The fourth-order valence-corrected chi connectivity index (χ4v) is 4.42. The molecule has 8 nitrogen and oxygen atoms in total. The summed E-state index contributed by atoms with van der Waals surface area (Å²) in [5.41, 5.74) is 7.20. The minimum Gasteiger partial charge on any atom is -0.410 e. The first-order valence-corrected chi connectivity index (χ1v) is 11.0. The predicted octanol–water partition coefficient (Wildman–Crippen LogP) is 2.81. The van der Waals surface area contributed by atoms with Crippen LogP contribution < -0.4 is 21.1 Å². The molecule has 0 fully saturated rings. The van der Waals surface area contributed by atoms with Gasteiger partial charge in [-0.05, 0) is 42.5 Å². The number of benzene rings is 2. The van der Waals surface area contributed by atoms with Crippen LogP contribution in [0.25, 0.3) is 10.9 Å². The summed E-state index contributed by atoms with van der Waals surface area (Å²) in [6.07, 6.45) is 0.406. The van der Waals surface area contributed by atoms with Crippen LogP contribution in [0.2, 0.25) is 0 Å². The van der Waals surface area contributed by atoms with Gasteiger partial charge in [0, 0.05) is 23.0 Å². The molecule has 33 heavy (non-hydrogen) atoms. The van der Waals surface area contributed by atoms with Crippen molar-refractivity contribution in [3.63, 3.8) is 0 Å². The molecular formula is C25H28N4O4. The third-order valence-corrected chi connectivity index (χ3v) is 6.17. The van der Waals surface area contributed by atoms with Gasteiger partial charge in [0.15, 0.2) is 0 Å². The fraction of sp³-hybridized carbons (Fsp3) is 0.320. The van der Waals surface area contributed by atoms with Gasteiger partial charge in [-0.3, -0.25) is 9.59 Å². The fourth-order valence-electron chi connectivity index (χ4n) is 4.42. The Bertz CT molecular complexity index is 1190. The van der Waals surface area contributed by atoms with Gasteiger partial charge in [0.2, 0.25) is 11.8 Å². The summed E-state index contributed by atoms with van der Waals surface area (Å²) < 4.78 is 5.42. The number of carbonyl (C=O) groups is 3. The van der Waals surface area contributed by atoms with Gasteiger partial charge in [-0.2, -0.15) is 0 Å². The van der Waals surface area contributed by atoms with E-state index >= 15 is 0 Å². The van der Waals surface area contributed by atoms with E-state index in [0.717, 1.165) is 22.2 Å². The molecule has 2 aromatic carbocycles. The second-order valence-electron chi connectivity index (χ2n) is 8.81. The van der Waals surface area contributed by atoms with Crippen molar-refractivity contribution in [3.8, 4) is 5.75 Å². The lowest BCUT2D eigenvalue weighted by Gasteiger charge is -2.37. The number of carbonyl (C=O) groups excluding carboxylic acids is 3. The van der Waals surface area contributed by atoms with Crippen molar-refractivity contribution < 1.29 is 19.1 Å². The van der Waals surface area contributed by atoms with Crippen molar-refractivity contribution in [2.45, 2.75) is 44.7 Å². The largest absolute Gasteiger partial charge is 0.413 e. The van der Waals surface area contributed by atoms with Gasteiger partial charge < -0.3 is 26.1 Å². The van der Waals surface area contributed by atoms with Gasteiger partial charge in [-0.25, -0.2) is 4.79 Å². The minimum atomic E-state index is -1.30. The Balaban J connectivity index is 1.67. The Morgan fingerprint density at radius 3 is 2.45 bits per heavy atom. The van der Waals surface area contributed by atoms with Crippen LogP contribution in [0.15, 0.2) is 54.6 Å². The van der Waals surface area contributed by atoms with Gasteiger partial charge in [-0.15, -0.1) is 0 Å². The van der Waals surface area contributed by atoms with E-state index in [9.17, 15) is 14.4 Å². The highest BCUT2D eigenvalue weighted by Gasteiger charge is 2.45. The lowest BCUT2D eigenvalue weighted by molar-refractivity contribution is -0.132. The number of aromatic amines is 1. The van der Waals surface area contributed by atoms with E-state index < -0.39 is 29.5 Å². The van der Waals surface area contributed by atoms with Crippen molar-refractivity contribution in [3.05, 3.63) is 65.9 Å². The highest BCUT2D eigenvalue weighted by atomic mass is 16.6. The summed E-state index contributed by atoms with van der Waals surface area (Å²) in [7, 11) is 0. The SMILES string of the molecule is CC(C)[C@H](NC(=O)[C@]1(NC(=O)Oc2ccccc2)CCc2[nH]c3ccccc3c2C1)C(N)=O. The zero-order chi connectivity index (χ0) is 23.6. The summed E-state index contributed by atoms with van der Waals surface area (Å²) in [4.78, 5) is 41.8. The van der Waals surface area contributed by atoms with E-state index in [-0.39, 0.29) is 12.3 Å². The first-order valence-electron chi connectivity index (χ1n) is 11.0. The summed E-state index contributed by atoms with van der Waals surface area (Å²) in [6.45, 7) is 3.61. The van der Waals surface area contributed by atoms with Crippen molar-refractivity contribution in [1.29, 1.82) is 0 Å². The zero-order valence-corrected chi connectivity index (χ0v) is 18.7. The van der Waals surface area contributed by atoms with Gasteiger partial charge >= 0.3 is 6.09 Å². The number of rotatable bonds is 6. The van der Waals surface area contributed by atoms with Gasteiger partial charge in [0.1, 0.15) is 17.3 Å². The molecule has 0 saturated carbocycles. The molecule has 0 unspecified atom stereocenters. The number of para-hydroxylation sites is 2. The zero-order valence-electron chi connectivity index (χ0n) is 18.7. The molecular weight excluding hydrogens is 420 g/mol. The second-order valence-corrected chi connectivity index (χ2v) is 8.81. The molecule has 4 rings (SSSR count). The van der Waals surface area contributed by atoms with E-state index in [1.165, 1.54) is 0 Å². The Labute approximate surface area is 191 Å². The number of H-pyrrole nitrogens is 1. The number of hydrogen-bond donors (Lipinski definition) is 4. The number of fused-ring (bicyclic) bond motifs is 3. The van der Waals surface area contributed by atoms with Gasteiger partial charge in [0.05, 0.1) is 0 Å². The lowest BCUT2D eigenvalue weighted by atomic mass is 9.78. The van der Waals surface area contributed by atoms with Crippen LogP contribution in [0.3, 0.4) is 0 Å². The molecule has 0 radical (unpaired) electrons. The molecule has 172 valence electrons. The van der Waals surface area contributed by atoms with Crippen LogP contribution in [-0.2, 0) is 22.4 Å². The maximum atomic E-state index is 13.6. The van der Waals surface area contributed by atoms with Gasteiger partial charge in [0.25, 0.3) is 0 Å². The standard InChI is InChI=1S/C25H28N4O4/c1-15(2)21(22(26)30)28-23(31)25(29-24(32)33-16-8-4-3-5-9-16)13-12-20-18(14-25)17-10-6-7-11-19(17)27-20/h3-11,15,21,27H,12-14H2,1-2H3,(H2,26,30)(H,28,31)(H,29,32)/t21-,25-/m0/s1. The second kappa shape index (κ2) is 8.97. The quantitative estimate of drug-likeness (QED) is 0.462. The van der Waals surface area contributed by atoms with E-state index in [0.29, 0.717) is 18.6 Å². The molecule has 5 N–H and O–H groups in total. The van der Waals surface area contributed by atoms with Crippen molar-refractivity contribution in [1.82, 2.24) is 15.6 Å². The van der Waals surface area contributed by atoms with E-state index in [1.807, 2.05) is 30.3 Å². The smallest absolute Gasteiger partial charge is 0.410 e. The van der Waals surface area contributed by atoms with Gasteiger partial charge in [-0.1, -0.05) is 50.2 Å². The molecule has 0 bridgehead atoms. The maximum absolute atomic E-state index is 13.6. The van der Waals surface area contributed by atoms with Crippen LogP contribution in [-0.4, -0.2) is 34.5 Å². The number of primary amides is 1. The molecule has 0 spiro atoms. The number of nitrogens with two attached hydrogens (primary N) is 1. The Kier molecular flexibility index (Phi) is 6.09. The van der Waals surface area contributed by atoms with Crippen LogP contribution in [0.5, 0.6) is 5.75 Å². The number of aromatic nitrogens is 1. The molecule has 1 aromatic heterocycles. The third kappa shape index (κ3) is 4.55. The van der Waals surface area contributed by atoms with Crippen LogP contribution in [0.4, 0.5) is 4.79 Å². The van der Waals surface area contributed by atoms with Crippen LogP contribution in [0.1, 0.15) is 31.5 Å². The first kappa shape index (κ1) is 22.4. The van der Waals surface area contributed by atoms with E-state index in [2.05, 4.69) is 15.6 Å². The van der Waals surface area contributed by atoms with Crippen LogP contribution >= 0.6 is 0 Å². The summed E-state index contributed by atoms with van der Waals surface area (Å²) in [5.74, 6) is -0.914. The Morgan fingerprint density at radius 1 is 1.06 bits per heavy atom. The normalized spacial score (nSPS) is 18.4. The molecule has 3 amide bonds. The average molecular weight is 449 g/mol. The first-order chi connectivity index (χ1) is 15.8. The third-order valence-electron chi connectivity index (χ3n) is 6.17. The Hall–Kier alpha value is -3.81. The summed E-state index contributed by atoms with van der Waals surface area (Å²) >= 11 is 0. The average Bonchev–Trinajstić information content (AvgIpc) is 3.15. The molecule has 0 aliphatic heterocycles. The highest BCUT2D eigenvalue weighted by molar-refractivity contribution is 5.96. The topological polar surface area (TPSA) is 126 Å². The number of aryl methyl sites for hydroxylation is 1. The molecule has 2 atom stereocenters. The molecule has 8 heteroatoms. The van der Waals surface area contributed by atoms with Crippen molar-refractivity contribution >= 4 is 28.8 Å². The predicted molar refractivity (Wildman–Crippen MR) is 125 cm³/mol. The van der Waals surface area contributed by atoms with E-state index in [1.54, 1.807) is 38.1 Å². The van der Waals surface area contributed by atoms with Crippen LogP contribution in [0, 0.1) is 5.92 Å². The number of hydrogen-bond acceptors (Lipinski definition) is 4. The Morgan fingerprint density at radius 2 is 1.76 bits per heavy atom. The highest BCUT2D eigenvalue weighted by Crippen LogP contribution is 2.34. The molecule has 1 aliphatic carbocycles. The summed E-state index contributed by atoms with van der Waals surface area (Å²) in [5, 5.41) is 6.59. The molecule has 1 aliphatic rings. The summed E-state index contributed by atoms with van der Waals surface area (Å²) in [6, 6.07) is 15.6. The molecule has 1 heterocycles. The maximum Gasteiger partial charge on any atom is 0.413 e. The van der Waals surface area contributed by atoms with E-state index in [4.69, 9.17) is 10.5 Å². The van der Waals surface area contributed by atoms with Crippen molar-refractivity contribution in [2.75, 3.05) is 0 Å². The molecule has 3 aromatic rings. The lowest BCUT2D eigenvalue weighted by Crippen LogP contribution is -2.64. The molecule has 0 saturated heterocycles.